The lowest BCUT2D eigenvalue weighted by atomic mass is 10.2. The van der Waals surface area contributed by atoms with Gasteiger partial charge in [-0.1, -0.05) is 18.2 Å². The molecule has 3 heterocycles. The van der Waals surface area contributed by atoms with Gasteiger partial charge in [0.05, 0.1) is 11.7 Å². The minimum Gasteiger partial charge on any atom is -0.340 e. The van der Waals surface area contributed by atoms with Crippen molar-refractivity contribution in [1.29, 1.82) is 0 Å². The van der Waals surface area contributed by atoms with Crippen LogP contribution in [0.5, 0.6) is 0 Å². The van der Waals surface area contributed by atoms with Crippen LogP contribution in [0.1, 0.15) is 12.0 Å². The predicted octanol–water partition coefficient (Wildman–Crippen LogP) is 2.33. The number of rotatable bonds is 5. The molecule has 0 spiro atoms. The summed E-state index contributed by atoms with van der Waals surface area (Å²) in [5.74, 6) is -0.162. The van der Waals surface area contributed by atoms with Crippen LogP contribution in [0.3, 0.4) is 0 Å². The average Bonchev–Trinajstić information content (AvgIpc) is 3.19. The van der Waals surface area contributed by atoms with E-state index in [1.807, 2.05) is 16.3 Å². The number of halogens is 1. The first kappa shape index (κ1) is 18.8. The first-order valence-electron chi connectivity index (χ1n) is 9.28. The fraction of sp³-hybridized carbons (Fsp3) is 0.350. The maximum Gasteiger partial charge on any atom is 0.262 e. The maximum atomic E-state index is 13.8. The number of nitrogens with zero attached hydrogens (tertiary/aromatic N) is 4. The van der Waals surface area contributed by atoms with Gasteiger partial charge in [0.2, 0.25) is 5.91 Å². The molecule has 0 saturated carbocycles. The van der Waals surface area contributed by atoms with Crippen molar-refractivity contribution in [3.8, 4) is 0 Å². The minimum atomic E-state index is -0.192. The summed E-state index contributed by atoms with van der Waals surface area (Å²) >= 11 is 1.43. The van der Waals surface area contributed by atoms with Crippen LogP contribution >= 0.6 is 11.3 Å². The van der Waals surface area contributed by atoms with Gasteiger partial charge >= 0.3 is 0 Å². The summed E-state index contributed by atoms with van der Waals surface area (Å²) in [7, 11) is 0. The molecule has 2 aromatic heterocycles. The second-order valence-corrected chi connectivity index (χ2v) is 7.78. The van der Waals surface area contributed by atoms with E-state index in [1.54, 1.807) is 18.2 Å². The summed E-state index contributed by atoms with van der Waals surface area (Å²) in [6, 6.07) is 8.56. The molecular formula is C20H21FN4O2S. The van der Waals surface area contributed by atoms with E-state index in [0.717, 1.165) is 4.83 Å². The van der Waals surface area contributed by atoms with Crippen LogP contribution in [-0.2, 0) is 17.9 Å². The molecule has 1 saturated heterocycles. The van der Waals surface area contributed by atoms with E-state index in [4.69, 9.17) is 0 Å². The molecule has 1 amide bonds. The molecule has 0 bridgehead atoms. The molecular weight excluding hydrogens is 379 g/mol. The summed E-state index contributed by atoms with van der Waals surface area (Å²) in [6.07, 6.45) is 1.78. The zero-order valence-corrected chi connectivity index (χ0v) is 16.2. The minimum absolute atomic E-state index is 0.0304. The van der Waals surface area contributed by atoms with Crippen molar-refractivity contribution in [2.75, 3.05) is 26.2 Å². The molecule has 8 heteroatoms. The molecule has 1 fully saturated rings. The van der Waals surface area contributed by atoms with Crippen molar-refractivity contribution < 1.29 is 9.18 Å². The number of carbonyl (C=O) groups is 1. The highest BCUT2D eigenvalue weighted by atomic mass is 32.1. The lowest BCUT2D eigenvalue weighted by molar-refractivity contribution is -0.133. The van der Waals surface area contributed by atoms with E-state index in [9.17, 15) is 14.0 Å². The molecule has 28 heavy (non-hydrogen) atoms. The van der Waals surface area contributed by atoms with Gasteiger partial charge in [-0.05, 0) is 17.5 Å². The number of benzene rings is 1. The zero-order valence-electron chi connectivity index (χ0n) is 15.4. The quantitative estimate of drug-likeness (QED) is 0.660. The topological polar surface area (TPSA) is 58.4 Å². The summed E-state index contributed by atoms with van der Waals surface area (Å²) in [6.45, 7) is 3.53. The largest absolute Gasteiger partial charge is 0.340 e. The highest BCUT2D eigenvalue weighted by Gasteiger charge is 2.21. The number of amides is 1. The van der Waals surface area contributed by atoms with E-state index in [-0.39, 0.29) is 23.7 Å². The molecule has 146 valence electrons. The summed E-state index contributed by atoms with van der Waals surface area (Å²) in [5, 5.41) is 2.44. The van der Waals surface area contributed by atoms with Crippen molar-refractivity contribution in [3.63, 3.8) is 0 Å². The predicted molar refractivity (Wildman–Crippen MR) is 107 cm³/mol. The molecule has 0 N–H and O–H groups in total. The van der Waals surface area contributed by atoms with Gasteiger partial charge in [0.15, 0.2) is 0 Å². The van der Waals surface area contributed by atoms with Gasteiger partial charge in [-0.25, -0.2) is 9.37 Å². The van der Waals surface area contributed by atoms with Gasteiger partial charge < -0.3 is 4.90 Å². The molecule has 3 aromatic rings. The van der Waals surface area contributed by atoms with E-state index >= 15 is 0 Å². The molecule has 1 aliphatic rings. The first-order valence-corrected chi connectivity index (χ1v) is 10.2. The van der Waals surface area contributed by atoms with Gasteiger partial charge in [0.25, 0.3) is 5.56 Å². The van der Waals surface area contributed by atoms with E-state index in [0.29, 0.717) is 50.2 Å². The second kappa shape index (κ2) is 8.20. The van der Waals surface area contributed by atoms with Gasteiger partial charge in [-0.3, -0.25) is 19.1 Å². The van der Waals surface area contributed by atoms with E-state index in [1.165, 1.54) is 28.3 Å². The number of piperazine rings is 1. The molecule has 0 atom stereocenters. The Bertz CT molecular complexity index is 1040. The van der Waals surface area contributed by atoms with E-state index < -0.39 is 0 Å². The van der Waals surface area contributed by atoms with Crippen molar-refractivity contribution in [3.05, 3.63) is 63.8 Å². The highest BCUT2D eigenvalue weighted by molar-refractivity contribution is 7.16. The second-order valence-electron chi connectivity index (χ2n) is 6.88. The van der Waals surface area contributed by atoms with Crippen molar-refractivity contribution in [1.82, 2.24) is 19.4 Å². The number of hydrogen-bond donors (Lipinski definition) is 0. The molecule has 6 nitrogen and oxygen atoms in total. The van der Waals surface area contributed by atoms with Crippen LogP contribution < -0.4 is 5.56 Å². The van der Waals surface area contributed by atoms with E-state index in [2.05, 4.69) is 9.88 Å². The molecule has 1 aliphatic heterocycles. The third-order valence-corrected chi connectivity index (χ3v) is 5.91. The van der Waals surface area contributed by atoms with Gasteiger partial charge in [-0.15, -0.1) is 11.3 Å². The molecule has 0 unspecified atom stereocenters. The Labute approximate surface area is 165 Å². The van der Waals surface area contributed by atoms with Crippen LogP contribution in [0, 0.1) is 5.82 Å². The van der Waals surface area contributed by atoms with Crippen LogP contribution in [0.25, 0.3) is 10.2 Å². The number of aromatic nitrogens is 2. The van der Waals surface area contributed by atoms with Crippen molar-refractivity contribution in [2.45, 2.75) is 19.5 Å². The standard InChI is InChI=1S/C20H21FN4O2S/c21-17-4-2-1-3-15(17)13-23-8-10-24(11-9-23)18(26)5-7-25-14-22-19-16(20(25)27)6-12-28-19/h1-4,6,12,14H,5,7-11,13H2. The van der Waals surface area contributed by atoms with Crippen LogP contribution in [0.2, 0.25) is 0 Å². The first-order chi connectivity index (χ1) is 13.6. The third kappa shape index (κ3) is 3.98. The molecule has 4 rings (SSSR count). The van der Waals surface area contributed by atoms with Crippen LogP contribution in [0.4, 0.5) is 4.39 Å². The lowest BCUT2D eigenvalue weighted by Crippen LogP contribution is -2.48. The van der Waals surface area contributed by atoms with Crippen LogP contribution in [-0.4, -0.2) is 51.4 Å². The number of hydrogen-bond acceptors (Lipinski definition) is 5. The Kier molecular flexibility index (Phi) is 5.50. The van der Waals surface area contributed by atoms with Gasteiger partial charge in [-0.2, -0.15) is 0 Å². The number of thiophene rings is 1. The monoisotopic (exact) mass is 400 g/mol. The number of fused-ring (bicyclic) bond motifs is 1. The third-order valence-electron chi connectivity index (χ3n) is 5.09. The normalized spacial score (nSPS) is 15.2. The number of carbonyl (C=O) groups excluding carboxylic acids is 1. The zero-order chi connectivity index (χ0) is 19.5. The Morgan fingerprint density at radius 2 is 1.93 bits per heavy atom. The van der Waals surface area contributed by atoms with Gasteiger partial charge in [0, 0.05) is 51.3 Å². The molecule has 0 radical (unpaired) electrons. The summed E-state index contributed by atoms with van der Waals surface area (Å²) in [4.78, 5) is 33.9. The maximum absolute atomic E-state index is 13.8. The Balaban J connectivity index is 1.30. The fourth-order valence-electron chi connectivity index (χ4n) is 3.45. The Hall–Kier alpha value is -2.58. The Morgan fingerprint density at radius 3 is 2.71 bits per heavy atom. The number of aryl methyl sites for hydroxylation is 1. The average molecular weight is 400 g/mol. The summed E-state index contributed by atoms with van der Waals surface area (Å²) in [5.41, 5.74) is 0.576. The van der Waals surface area contributed by atoms with Crippen LogP contribution in [0.15, 0.2) is 46.8 Å². The SMILES string of the molecule is O=C(CCn1cnc2sccc2c1=O)N1CCN(Cc2ccccc2F)CC1. The smallest absolute Gasteiger partial charge is 0.262 e. The van der Waals surface area contributed by atoms with Gasteiger partial charge in [0.1, 0.15) is 10.6 Å². The Morgan fingerprint density at radius 1 is 1.14 bits per heavy atom. The van der Waals surface area contributed by atoms with Crippen molar-refractivity contribution >= 4 is 27.5 Å². The summed E-state index contributed by atoms with van der Waals surface area (Å²) < 4.78 is 15.3. The molecule has 1 aromatic carbocycles. The lowest BCUT2D eigenvalue weighted by Gasteiger charge is -2.35. The highest BCUT2D eigenvalue weighted by Crippen LogP contribution is 2.14. The fourth-order valence-corrected chi connectivity index (χ4v) is 4.17. The molecule has 0 aliphatic carbocycles. The van der Waals surface area contributed by atoms with Crippen molar-refractivity contribution in [2.24, 2.45) is 0 Å².